The Balaban J connectivity index is 2.04. The van der Waals surface area contributed by atoms with Gasteiger partial charge in [-0.3, -0.25) is 13.9 Å². The molecule has 0 aliphatic rings. The highest BCUT2D eigenvalue weighted by Gasteiger charge is 2.34. The maximum atomic E-state index is 13.8. The highest BCUT2D eigenvalue weighted by atomic mass is 32.2. The summed E-state index contributed by atoms with van der Waals surface area (Å²) >= 11 is 0. The van der Waals surface area contributed by atoms with Crippen molar-refractivity contribution in [3.8, 4) is 0 Å². The van der Waals surface area contributed by atoms with E-state index in [0.717, 1.165) is 24.0 Å². The van der Waals surface area contributed by atoms with Gasteiger partial charge in [0, 0.05) is 19.5 Å². The SMILES string of the molecule is CCNC(=O)[C@H](Cc1ccccc1)N(Cc1ccccc1)C(=O)CN(c1cccc(C(F)(F)F)c1)S(C)(=O)=O. The molecule has 0 radical (unpaired) electrons. The van der Waals surface area contributed by atoms with Gasteiger partial charge in [0.15, 0.2) is 0 Å². The van der Waals surface area contributed by atoms with E-state index in [1.165, 1.54) is 11.0 Å². The first-order valence-electron chi connectivity index (χ1n) is 12.2. The van der Waals surface area contributed by atoms with E-state index >= 15 is 0 Å². The summed E-state index contributed by atoms with van der Waals surface area (Å²) < 4.78 is 66.1. The van der Waals surface area contributed by atoms with Crippen LogP contribution in [0.15, 0.2) is 84.9 Å². The third-order valence-corrected chi connectivity index (χ3v) is 7.10. The molecule has 2 amide bonds. The predicted octanol–water partition coefficient (Wildman–Crippen LogP) is 4.25. The van der Waals surface area contributed by atoms with E-state index in [1.807, 2.05) is 18.2 Å². The summed E-state index contributed by atoms with van der Waals surface area (Å²) in [5.41, 5.74) is 0.111. The van der Waals surface area contributed by atoms with Crippen LogP contribution in [0.2, 0.25) is 0 Å². The number of alkyl halides is 3. The average Bonchev–Trinajstić information content (AvgIpc) is 2.89. The highest BCUT2D eigenvalue weighted by molar-refractivity contribution is 7.92. The van der Waals surface area contributed by atoms with Gasteiger partial charge in [-0.1, -0.05) is 66.7 Å². The molecule has 0 spiro atoms. The number of nitrogens with one attached hydrogen (secondary N) is 1. The number of hydrogen-bond acceptors (Lipinski definition) is 4. The molecule has 0 heterocycles. The van der Waals surface area contributed by atoms with Gasteiger partial charge in [-0.05, 0) is 36.2 Å². The molecule has 0 saturated carbocycles. The summed E-state index contributed by atoms with van der Waals surface area (Å²) in [7, 11) is -4.18. The predicted molar refractivity (Wildman–Crippen MR) is 143 cm³/mol. The Morgan fingerprint density at radius 3 is 2.03 bits per heavy atom. The van der Waals surface area contributed by atoms with E-state index in [4.69, 9.17) is 0 Å². The van der Waals surface area contributed by atoms with Crippen molar-refractivity contribution in [1.29, 1.82) is 0 Å². The Morgan fingerprint density at radius 1 is 0.897 bits per heavy atom. The summed E-state index contributed by atoms with van der Waals surface area (Å²) in [6.07, 6.45) is -3.75. The Kier molecular flexibility index (Phi) is 9.74. The van der Waals surface area contributed by atoms with Gasteiger partial charge >= 0.3 is 6.18 Å². The van der Waals surface area contributed by atoms with E-state index in [9.17, 15) is 31.2 Å². The smallest absolute Gasteiger partial charge is 0.355 e. The fraction of sp³-hybridized carbons (Fsp3) is 0.286. The molecule has 1 N–H and O–H groups in total. The monoisotopic (exact) mass is 561 g/mol. The Hall–Kier alpha value is -3.86. The zero-order valence-electron chi connectivity index (χ0n) is 21.6. The number of hydrogen-bond donors (Lipinski definition) is 1. The molecule has 0 fully saturated rings. The van der Waals surface area contributed by atoms with Crippen LogP contribution in [-0.2, 0) is 38.8 Å². The van der Waals surface area contributed by atoms with Crippen LogP contribution >= 0.6 is 0 Å². The fourth-order valence-corrected chi connectivity index (χ4v) is 4.92. The van der Waals surface area contributed by atoms with Crippen molar-refractivity contribution in [2.45, 2.75) is 32.1 Å². The maximum Gasteiger partial charge on any atom is 0.416 e. The number of carbonyl (C=O) groups is 2. The molecule has 208 valence electrons. The largest absolute Gasteiger partial charge is 0.416 e. The lowest BCUT2D eigenvalue weighted by Gasteiger charge is -2.33. The van der Waals surface area contributed by atoms with E-state index < -0.39 is 46.2 Å². The normalized spacial score (nSPS) is 12.4. The van der Waals surface area contributed by atoms with Crippen molar-refractivity contribution in [3.63, 3.8) is 0 Å². The first-order valence-corrected chi connectivity index (χ1v) is 14.0. The van der Waals surface area contributed by atoms with Gasteiger partial charge in [-0.15, -0.1) is 0 Å². The van der Waals surface area contributed by atoms with Gasteiger partial charge in [0.05, 0.1) is 17.5 Å². The second kappa shape index (κ2) is 12.8. The molecule has 11 heteroatoms. The molecular weight excluding hydrogens is 531 g/mol. The number of rotatable bonds is 11. The third-order valence-electron chi connectivity index (χ3n) is 5.96. The lowest BCUT2D eigenvalue weighted by Crippen LogP contribution is -2.53. The number of amides is 2. The van der Waals surface area contributed by atoms with Crippen LogP contribution in [0.25, 0.3) is 0 Å². The van der Waals surface area contributed by atoms with Crippen molar-refractivity contribution in [2.75, 3.05) is 23.7 Å². The summed E-state index contributed by atoms with van der Waals surface area (Å²) in [5.74, 6) is -1.18. The number of nitrogens with zero attached hydrogens (tertiary/aromatic N) is 2. The average molecular weight is 562 g/mol. The quantitative estimate of drug-likeness (QED) is 0.379. The zero-order chi connectivity index (χ0) is 28.6. The molecule has 1 atom stereocenters. The van der Waals surface area contributed by atoms with Gasteiger partial charge in [-0.2, -0.15) is 13.2 Å². The minimum absolute atomic E-state index is 0.0193. The van der Waals surface area contributed by atoms with E-state index in [-0.39, 0.29) is 18.7 Å². The molecule has 0 saturated heterocycles. The van der Waals surface area contributed by atoms with Crippen LogP contribution in [0.5, 0.6) is 0 Å². The molecule has 0 aliphatic carbocycles. The number of halogens is 3. The van der Waals surface area contributed by atoms with Crippen molar-refractivity contribution in [1.82, 2.24) is 10.2 Å². The molecule has 39 heavy (non-hydrogen) atoms. The first-order chi connectivity index (χ1) is 18.4. The van der Waals surface area contributed by atoms with Crippen LogP contribution in [-0.4, -0.2) is 50.5 Å². The number of sulfonamides is 1. The van der Waals surface area contributed by atoms with Crippen molar-refractivity contribution in [3.05, 3.63) is 102 Å². The summed E-state index contributed by atoms with van der Waals surface area (Å²) in [6.45, 7) is 1.23. The molecule has 0 aliphatic heterocycles. The van der Waals surface area contributed by atoms with E-state index in [2.05, 4.69) is 5.32 Å². The lowest BCUT2D eigenvalue weighted by molar-refractivity contribution is -0.140. The van der Waals surface area contributed by atoms with Crippen molar-refractivity contribution < 1.29 is 31.2 Å². The third kappa shape index (κ3) is 8.31. The molecule has 3 aromatic rings. The first kappa shape index (κ1) is 29.7. The van der Waals surface area contributed by atoms with Crippen molar-refractivity contribution in [2.24, 2.45) is 0 Å². The molecule has 0 unspecified atom stereocenters. The Bertz CT molecular complexity index is 1370. The molecular formula is C28H30F3N3O4S. The summed E-state index contributed by atoms with van der Waals surface area (Å²) in [6, 6.07) is 20.6. The van der Waals surface area contributed by atoms with Gasteiger partial charge in [0.2, 0.25) is 21.8 Å². The minimum Gasteiger partial charge on any atom is -0.355 e. The molecule has 3 aromatic carbocycles. The van der Waals surface area contributed by atoms with Crippen LogP contribution in [0, 0.1) is 0 Å². The molecule has 0 aromatic heterocycles. The van der Waals surface area contributed by atoms with Crippen LogP contribution in [0.1, 0.15) is 23.6 Å². The second-order valence-electron chi connectivity index (χ2n) is 8.93. The van der Waals surface area contributed by atoms with E-state index in [1.54, 1.807) is 49.4 Å². The summed E-state index contributed by atoms with van der Waals surface area (Å²) in [5, 5.41) is 2.74. The number of anilines is 1. The van der Waals surface area contributed by atoms with Crippen molar-refractivity contribution >= 4 is 27.5 Å². The Morgan fingerprint density at radius 2 is 1.49 bits per heavy atom. The Labute approximate surface area is 226 Å². The van der Waals surface area contributed by atoms with Gasteiger partial charge < -0.3 is 10.2 Å². The van der Waals surface area contributed by atoms with Crippen LogP contribution < -0.4 is 9.62 Å². The molecule has 7 nitrogen and oxygen atoms in total. The zero-order valence-corrected chi connectivity index (χ0v) is 22.4. The second-order valence-corrected chi connectivity index (χ2v) is 10.8. The maximum absolute atomic E-state index is 13.8. The number of likely N-dealkylation sites (N-methyl/N-ethyl adjacent to an activating group) is 1. The topological polar surface area (TPSA) is 86.8 Å². The van der Waals surface area contributed by atoms with Gasteiger partial charge in [-0.25, -0.2) is 8.42 Å². The lowest BCUT2D eigenvalue weighted by atomic mass is 10.0. The van der Waals surface area contributed by atoms with Crippen LogP contribution in [0.4, 0.5) is 18.9 Å². The fourth-order valence-electron chi connectivity index (χ4n) is 4.08. The highest BCUT2D eigenvalue weighted by Crippen LogP contribution is 2.32. The van der Waals surface area contributed by atoms with Crippen LogP contribution in [0.3, 0.4) is 0 Å². The van der Waals surface area contributed by atoms with Gasteiger partial charge in [0.1, 0.15) is 12.6 Å². The summed E-state index contributed by atoms with van der Waals surface area (Å²) in [4.78, 5) is 28.3. The standard InChI is InChI=1S/C28H30F3N3O4S/c1-3-32-27(36)25(17-21-11-6-4-7-12-21)33(19-22-13-8-5-9-14-22)26(35)20-34(39(2,37)38)24-16-10-15-23(18-24)28(29,30)31/h4-16,18,25H,3,17,19-20H2,1-2H3,(H,32,36)/t25-/m0/s1. The number of benzene rings is 3. The molecule has 3 rings (SSSR count). The minimum atomic E-state index is -4.71. The molecule has 0 bridgehead atoms. The van der Waals surface area contributed by atoms with Gasteiger partial charge in [0.25, 0.3) is 0 Å². The number of carbonyl (C=O) groups excluding carboxylic acids is 2. The van der Waals surface area contributed by atoms with E-state index in [0.29, 0.717) is 22.5 Å².